The molecule has 1 aliphatic heterocycles. The van der Waals surface area contributed by atoms with Gasteiger partial charge in [-0.2, -0.15) is 0 Å². The summed E-state index contributed by atoms with van der Waals surface area (Å²) in [6.07, 6.45) is 1.01. The van der Waals surface area contributed by atoms with Gasteiger partial charge in [-0.3, -0.25) is 0 Å². The molecule has 0 saturated carbocycles. The van der Waals surface area contributed by atoms with Gasteiger partial charge < -0.3 is 19.9 Å². The first-order chi connectivity index (χ1) is 13.0. The number of piperidine rings is 1. The lowest BCUT2D eigenvalue weighted by atomic mass is 10.1. The zero-order valence-electron chi connectivity index (χ0n) is 16.2. The highest BCUT2D eigenvalue weighted by molar-refractivity contribution is 6.10. The summed E-state index contributed by atoms with van der Waals surface area (Å²) in [4.78, 5) is 14.5. The van der Waals surface area contributed by atoms with Crippen LogP contribution in [0, 0.1) is 6.92 Å². The monoisotopic (exact) mass is 365 g/mol. The molecule has 2 amide bonds. The number of nitrogens with zero attached hydrogens (tertiary/aromatic N) is 2. The van der Waals surface area contributed by atoms with Crippen molar-refractivity contribution in [2.45, 2.75) is 45.8 Å². The summed E-state index contributed by atoms with van der Waals surface area (Å²) in [6, 6.07) is 13.0. The van der Waals surface area contributed by atoms with Gasteiger partial charge in [0.2, 0.25) is 0 Å². The van der Waals surface area contributed by atoms with Gasteiger partial charge in [-0.05, 0) is 57.4 Å². The Kier molecular flexibility index (Phi) is 4.56. The number of nitrogens with one attached hydrogen (secondary N) is 1. The number of aliphatic hydroxyl groups excluding tert-OH is 1. The molecule has 0 spiro atoms. The maximum Gasteiger partial charge on any atom is 0.321 e. The molecule has 3 aromatic rings. The summed E-state index contributed by atoms with van der Waals surface area (Å²) in [7, 11) is 0. The van der Waals surface area contributed by atoms with Crippen molar-refractivity contribution < 1.29 is 9.90 Å². The zero-order valence-corrected chi connectivity index (χ0v) is 16.2. The molecule has 0 aliphatic carbocycles. The summed E-state index contributed by atoms with van der Waals surface area (Å²) in [5, 5.41) is 15.1. The van der Waals surface area contributed by atoms with Gasteiger partial charge in [0.1, 0.15) is 0 Å². The van der Waals surface area contributed by atoms with Gasteiger partial charge in [0.15, 0.2) is 0 Å². The average Bonchev–Trinajstić information content (AvgIpc) is 2.96. The first-order valence-electron chi connectivity index (χ1n) is 9.73. The fourth-order valence-electron chi connectivity index (χ4n) is 4.10. The third kappa shape index (κ3) is 3.16. The molecule has 1 aromatic heterocycles. The first-order valence-corrected chi connectivity index (χ1v) is 9.73. The smallest absolute Gasteiger partial charge is 0.321 e. The third-order valence-electron chi connectivity index (χ3n) is 5.57. The quantitative estimate of drug-likeness (QED) is 0.693. The van der Waals surface area contributed by atoms with Crippen LogP contribution in [0.2, 0.25) is 0 Å². The second kappa shape index (κ2) is 6.89. The van der Waals surface area contributed by atoms with E-state index in [9.17, 15) is 9.90 Å². The summed E-state index contributed by atoms with van der Waals surface area (Å²) in [6.45, 7) is 7.63. The second-order valence-corrected chi connectivity index (χ2v) is 7.81. The van der Waals surface area contributed by atoms with Crippen molar-refractivity contribution in [1.82, 2.24) is 9.47 Å². The standard InChI is InChI=1S/C22H27N3O2/c1-14(2)25-20-7-5-4-6-17(20)18-13-19(15(3)12-21(18)25)23-22(27)24-10-8-16(26)9-11-24/h4-7,12-14,16,26H,8-11H2,1-3H3,(H,23,27). The largest absolute Gasteiger partial charge is 0.393 e. The number of hydrogen-bond acceptors (Lipinski definition) is 2. The lowest BCUT2D eigenvalue weighted by Gasteiger charge is -2.29. The number of anilines is 1. The van der Waals surface area contributed by atoms with E-state index in [0.29, 0.717) is 32.0 Å². The van der Waals surface area contributed by atoms with Crippen LogP contribution in [0.5, 0.6) is 0 Å². The Hall–Kier alpha value is -2.53. The third-order valence-corrected chi connectivity index (χ3v) is 5.57. The van der Waals surface area contributed by atoms with E-state index >= 15 is 0 Å². The Labute approximate surface area is 159 Å². The highest BCUT2D eigenvalue weighted by Crippen LogP contribution is 2.35. The second-order valence-electron chi connectivity index (χ2n) is 7.81. The number of carbonyl (C=O) groups excluding carboxylic acids is 1. The number of para-hydroxylation sites is 1. The van der Waals surface area contributed by atoms with Crippen molar-refractivity contribution in [3.63, 3.8) is 0 Å². The van der Waals surface area contributed by atoms with Crippen LogP contribution in [-0.4, -0.2) is 39.8 Å². The lowest BCUT2D eigenvalue weighted by molar-refractivity contribution is 0.0972. The van der Waals surface area contributed by atoms with Gasteiger partial charge in [0, 0.05) is 46.6 Å². The Bertz CT molecular complexity index is 998. The molecular formula is C22H27N3O2. The fraction of sp³-hybridized carbons (Fsp3) is 0.409. The summed E-state index contributed by atoms with van der Waals surface area (Å²) < 4.78 is 2.36. The van der Waals surface area contributed by atoms with E-state index in [0.717, 1.165) is 16.6 Å². The lowest BCUT2D eigenvalue weighted by Crippen LogP contribution is -2.42. The van der Waals surface area contributed by atoms with Gasteiger partial charge in [0.05, 0.1) is 6.10 Å². The molecule has 4 rings (SSSR count). The Morgan fingerprint density at radius 1 is 1.11 bits per heavy atom. The van der Waals surface area contributed by atoms with E-state index in [1.54, 1.807) is 4.90 Å². The molecule has 0 bridgehead atoms. The minimum atomic E-state index is -0.283. The van der Waals surface area contributed by atoms with Crippen molar-refractivity contribution in [2.75, 3.05) is 18.4 Å². The average molecular weight is 365 g/mol. The molecule has 1 fully saturated rings. The number of hydrogen-bond donors (Lipinski definition) is 2. The van der Waals surface area contributed by atoms with Crippen LogP contribution in [0.4, 0.5) is 10.5 Å². The summed E-state index contributed by atoms with van der Waals surface area (Å²) in [5.41, 5.74) is 4.32. The minimum Gasteiger partial charge on any atom is -0.393 e. The van der Waals surface area contributed by atoms with Crippen molar-refractivity contribution in [3.05, 3.63) is 42.0 Å². The number of benzene rings is 2. The Balaban J connectivity index is 1.73. The molecule has 2 heterocycles. The van der Waals surface area contributed by atoms with Crippen LogP contribution in [0.1, 0.15) is 38.3 Å². The first kappa shape index (κ1) is 17.9. The molecule has 5 nitrogen and oxygen atoms in total. The van der Waals surface area contributed by atoms with Crippen molar-refractivity contribution in [3.8, 4) is 0 Å². The number of aliphatic hydroxyl groups is 1. The highest BCUT2D eigenvalue weighted by atomic mass is 16.3. The number of likely N-dealkylation sites (tertiary alicyclic amines) is 1. The molecule has 0 radical (unpaired) electrons. The Morgan fingerprint density at radius 2 is 1.81 bits per heavy atom. The number of amides is 2. The predicted octanol–water partition coefficient (Wildman–Crippen LogP) is 4.67. The number of aryl methyl sites for hydroxylation is 1. The fourth-order valence-corrected chi connectivity index (χ4v) is 4.10. The van der Waals surface area contributed by atoms with E-state index in [1.807, 2.05) is 6.92 Å². The van der Waals surface area contributed by atoms with Gasteiger partial charge in [-0.25, -0.2) is 4.79 Å². The predicted molar refractivity (Wildman–Crippen MR) is 110 cm³/mol. The normalized spacial score (nSPS) is 15.8. The van der Waals surface area contributed by atoms with Crippen molar-refractivity contribution in [2.24, 2.45) is 0 Å². The van der Waals surface area contributed by atoms with Crippen LogP contribution in [0.25, 0.3) is 21.8 Å². The van der Waals surface area contributed by atoms with E-state index < -0.39 is 0 Å². The molecule has 2 N–H and O–H groups in total. The summed E-state index contributed by atoms with van der Waals surface area (Å²) >= 11 is 0. The SMILES string of the molecule is Cc1cc2c(cc1NC(=O)N1CCC(O)CC1)c1ccccc1n2C(C)C. The molecular weight excluding hydrogens is 338 g/mol. The van der Waals surface area contributed by atoms with Crippen LogP contribution in [-0.2, 0) is 0 Å². The van der Waals surface area contributed by atoms with Gasteiger partial charge >= 0.3 is 6.03 Å². The molecule has 27 heavy (non-hydrogen) atoms. The van der Waals surface area contributed by atoms with Gasteiger partial charge in [0.25, 0.3) is 0 Å². The maximum atomic E-state index is 12.7. The van der Waals surface area contributed by atoms with Crippen LogP contribution >= 0.6 is 0 Å². The molecule has 2 aromatic carbocycles. The highest BCUT2D eigenvalue weighted by Gasteiger charge is 2.22. The van der Waals surface area contributed by atoms with E-state index in [1.165, 1.54) is 16.4 Å². The van der Waals surface area contributed by atoms with Crippen LogP contribution in [0.15, 0.2) is 36.4 Å². The van der Waals surface area contributed by atoms with Crippen LogP contribution < -0.4 is 5.32 Å². The maximum absolute atomic E-state index is 12.7. The van der Waals surface area contributed by atoms with E-state index in [-0.39, 0.29) is 12.1 Å². The number of urea groups is 1. The van der Waals surface area contributed by atoms with E-state index in [2.05, 4.69) is 60.1 Å². The van der Waals surface area contributed by atoms with Crippen LogP contribution in [0.3, 0.4) is 0 Å². The molecule has 0 unspecified atom stereocenters. The van der Waals surface area contributed by atoms with E-state index in [4.69, 9.17) is 0 Å². The number of carbonyl (C=O) groups is 1. The molecule has 1 aliphatic rings. The number of aromatic nitrogens is 1. The molecule has 1 saturated heterocycles. The molecule has 142 valence electrons. The number of fused-ring (bicyclic) bond motifs is 3. The summed E-state index contributed by atoms with van der Waals surface area (Å²) in [5.74, 6) is 0. The topological polar surface area (TPSA) is 57.5 Å². The zero-order chi connectivity index (χ0) is 19.1. The minimum absolute atomic E-state index is 0.0862. The molecule has 5 heteroatoms. The molecule has 0 atom stereocenters. The Morgan fingerprint density at radius 3 is 2.52 bits per heavy atom. The van der Waals surface area contributed by atoms with Crippen molar-refractivity contribution >= 4 is 33.5 Å². The van der Waals surface area contributed by atoms with Gasteiger partial charge in [-0.1, -0.05) is 18.2 Å². The van der Waals surface area contributed by atoms with Gasteiger partial charge in [-0.15, -0.1) is 0 Å². The van der Waals surface area contributed by atoms with Crippen molar-refractivity contribution in [1.29, 1.82) is 0 Å². The number of rotatable bonds is 2.